The Morgan fingerprint density at radius 3 is 2.70 bits per heavy atom. The van der Waals surface area contributed by atoms with E-state index in [9.17, 15) is 0 Å². The second-order valence-electron chi connectivity index (χ2n) is 6.84. The summed E-state index contributed by atoms with van der Waals surface area (Å²) in [6.45, 7) is 4.74. The van der Waals surface area contributed by atoms with Gasteiger partial charge in [-0.2, -0.15) is 0 Å². The number of nitrogen functional groups attached to an aromatic ring is 1. The maximum atomic E-state index is 5.82. The van der Waals surface area contributed by atoms with E-state index in [1.165, 1.54) is 25.7 Å². The molecule has 1 heterocycles. The molecule has 0 spiro atoms. The first-order chi connectivity index (χ1) is 9.44. The third kappa shape index (κ3) is 2.47. The molecule has 3 N–H and O–H groups in total. The summed E-state index contributed by atoms with van der Waals surface area (Å²) in [5, 5.41) is 0. The zero-order chi connectivity index (χ0) is 14.3. The minimum atomic E-state index is 0.500. The number of nitrogens with zero attached hydrogens (tertiary/aromatic N) is 2. The van der Waals surface area contributed by atoms with E-state index >= 15 is 0 Å². The van der Waals surface area contributed by atoms with E-state index in [2.05, 4.69) is 35.8 Å². The molecule has 4 nitrogen and oxygen atoms in total. The fourth-order valence-electron chi connectivity index (χ4n) is 3.13. The molecule has 1 aliphatic rings. The maximum Gasteiger partial charge on any atom is 0.203 e. The molecule has 0 radical (unpaired) electrons. The molecule has 108 valence electrons. The zero-order valence-electron chi connectivity index (χ0n) is 12.6. The lowest BCUT2D eigenvalue weighted by Crippen LogP contribution is -2.37. The van der Waals surface area contributed by atoms with E-state index in [0.29, 0.717) is 11.5 Å². The van der Waals surface area contributed by atoms with Crippen molar-refractivity contribution in [3.8, 4) is 0 Å². The summed E-state index contributed by atoms with van der Waals surface area (Å²) in [6, 6.07) is 6.41. The molecule has 2 aromatic rings. The van der Waals surface area contributed by atoms with Crippen molar-refractivity contribution >= 4 is 22.7 Å². The monoisotopic (exact) mass is 272 g/mol. The molecule has 3 rings (SSSR count). The van der Waals surface area contributed by atoms with Gasteiger partial charge in [0.25, 0.3) is 0 Å². The van der Waals surface area contributed by atoms with Crippen molar-refractivity contribution in [3.63, 3.8) is 0 Å². The molecule has 0 unspecified atom stereocenters. The molecule has 1 saturated carbocycles. The Labute approximate surface area is 120 Å². The second-order valence-corrected chi connectivity index (χ2v) is 6.84. The Morgan fingerprint density at radius 2 is 2.00 bits per heavy atom. The molecule has 1 aliphatic carbocycles. The Morgan fingerprint density at radius 1 is 1.30 bits per heavy atom. The van der Waals surface area contributed by atoms with E-state index in [1.807, 2.05) is 18.2 Å². The topological polar surface area (TPSA) is 57.9 Å². The summed E-state index contributed by atoms with van der Waals surface area (Å²) in [5.74, 6) is 0.954. The second kappa shape index (κ2) is 4.69. The van der Waals surface area contributed by atoms with Gasteiger partial charge < -0.3 is 15.6 Å². The average Bonchev–Trinajstić information content (AvgIpc) is 2.80. The van der Waals surface area contributed by atoms with E-state index in [4.69, 9.17) is 5.73 Å². The average molecular weight is 272 g/mol. The molecule has 0 saturated heterocycles. The van der Waals surface area contributed by atoms with Gasteiger partial charge in [0.2, 0.25) is 5.95 Å². The van der Waals surface area contributed by atoms with E-state index in [-0.39, 0.29) is 0 Å². The van der Waals surface area contributed by atoms with Crippen molar-refractivity contribution in [2.45, 2.75) is 45.6 Å². The number of hydrogen-bond donors (Lipinski definition) is 2. The first-order valence-electron chi connectivity index (χ1n) is 7.43. The van der Waals surface area contributed by atoms with Crippen LogP contribution in [0.5, 0.6) is 0 Å². The molecule has 1 aromatic carbocycles. The fourth-order valence-corrected chi connectivity index (χ4v) is 3.13. The Bertz CT molecular complexity index is 604. The number of hydrogen-bond acceptors (Lipinski definition) is 3. The zero-order valence-corrected chi connectivity index (χ0v) is 12.6. The van der Waals surface area contributed by atoms with Gasteiger partial charge in [0.1, 0.15) is 0 Å². The van der Waals surface area contributed by atoms with Crippen LogP contribution in [0, 0.1) is 5.41 Å². The minimum Gasteiger partial charge on any atom is -0.399 e. The summed E-state index contributed by atoms with van der Waals surface area (Å²) in [4.78, 5) is 10.4. The summed E-state index contributed by atoms with van der Waals surface area (Å²) < 4.78 is 0. The van der Waals surface area contributed by atoms with Crippen molar-refractivity contribution in [2.75, 3.05) is 17.7 Å². The summed E-state index contributed by atoms with van der Waals surface area (Å²) in [7, 11) is 2.14. The number of anilines is 2. The van der Waals surface area contributed by atoms with Crippen molar-refractivity contribution in [1.29, 1.82) is 0 Å². The molecule has 0 aliphatic heterocycles. The third-order valence-electron chi connectivity index (χ3n) is 4.68. The first kappa shape index (κ1) is 13.3. The van der Waals surface area contributed by atoms with Crippen molar-refractivity contribution in [1.82, 2.24) is 9.97 Å². The number of aromatic amines is 1. The predicted octanol–water partition coefficient (Wildman–Crippen LogP) is 3.55. The molecule has 1 aromatic heterocycles. The van der Waals surface area contributed by atoms with Crippen LogP contribution in [0.1, 0.15) is 39.5 Å². The van der Waals surface area contributed by atoms with Gasteiger partial charge in [0, 0.05) is 18.8 Å². The highest BCUT2D eigenvalue weighted by Gasteiger charge is 2.29. The Hall–Kier alpha value is -1.71. The van der Waals surface area contributed by atoms with Gasteiger partial charge in [0.15, 0.2) is 0 Å². The van der Waals surface area contributed by atoms with E-state index in [1.54, 1.807) is 0 Å². The van der Waals surface area contributed by atoms with Gasteiger partial charge in [-0.3, -0.25) is 0 Å². The highest BCUT2D eigenvalue weighted by Crippen LogP contribution is 2.37. The standard InChI is InChI=1S/C16H24N4/c1-16(2)8-6-12(7-9-16)20(3)15-18-13-5-4-11(17)10-14(13)19-15/h4-5,10,12H,6-9,17H2,1-3H3,(H,18,19). The smallest absolute Gasteiger partial charge is 0.203 e. The van der Waals surface area contributed by atoms with Crippen LogP contribution < -0.4 is 10.6 Å². The molecular weight excluding hydrogens is 248 g/mol. The van der Waals surface area contributed by atoms with Gasteiger partial charge in [-0.25, -0.2) is 4.98 Å². The lowest BCUT2D eigenvalue weighted by Gasteiger charge is -2.38. The lowest BCUT2D eigenvalue weighted by molar-refractivity contribution is 0.222. The number of rotatable bonds is 2. The van der Waals surface area contributed by atoms with Crippen LogP contribution in [0.15, 0.2) is 18.2 Å². The van der Waals surface area contributed by atoms with Crippen LogP contribution in [0.3, 0.4) is 0 Å². The first-order valence-corrected chi connectivity index (χ1v) is 7.43. The Kier molecular flexibility index (Phi) is 3.11. The SMILES string of the molecule is CN(c1nc2ccc(N)cc2[nH]1)C1CCC(C)(C)CC1. The van der Waals surface area contributed by atoms with Gasteiger partial charge in [-0.05, 0) is 49.3 Å². The normalized spacial score (nSPS) is 19.4. The van der Waals surface area contributed by atoms with Crippen LogP contribution in [-0.2, 0) is 0 Å². The molecular formula is C16H24N4. The van der Waals surface area contributed by atoms with Crippen LogP contribution in [0.25, 0.3) is 11.0 Å². The Balaban J connectivity index is 1.80. The summed E-state index contributed by atoms with van der Waals surface area (Å²) in [5.41, 5.74) is 9.09. The van der Waals surface area contributed by atoms with Gasteiger partial charge in [-0.1, -0.05) is 13.8 Å². The largest absolute Gasteiger partial charge is 0.399 e. The van der Waals surface area contributed by atoms with Crippen LogP contribution >= 0.6 is 0 Å². The number of H-pyrrole nitrogens is 1. The van der Waals surface area contributed by atoms with Gasteiger partial charge in [-0.15, -0.1) is 0 Å². The summed E-state index contributed by atoms with van der Waals surface area (Å²) in [6.07, 6.45) is 5.05. The van der Waals surface area contributed by atoms with Gasteiger partial charge in [0.05, 0.1) is 11.0 Å². The van der Waals surface area contributed by atoms with Crippen LogP contribution in [0.4, 0.5) is 11.6 Å². The number of aromatic nitrogens is 2. The summed E-state index contributed by atoms with van der Waals surface area (Å²) >= 11 is 0. The van der Waals surface area contributed by atoms with Crippen molar-refractivity contribution in [2.24, 2.45) is 5.41 Å². The van der Waals surface area contributed by atoms with Crippen molar-refractivity contribution < 1.29 is 0 Å². The molecule has 0 amide bonds. The maximum absolute atomic E-state index is 5.82. The van der Waals surface area contributed by atoms with Crippen LogP contribution in [-0.4, -0.2) is 23.1 Å². The number of benzene rings is 1. The molecule has 0 atom stereocenters. The van der Waals surface area contributed by atoms with Gasteiger partial charge >= 0.3 is 0 Å². The lowest BCUT2D eigenvalue weighted by atomic mass is 9.75. The minimum absolute atomic E-state index is 0.500. The highest BCUT2D eigenvalue weighted by molar-refractivity contribution is 5.80. The quantitative estimate of drug-likeness (QED) is 0.822. The van der Waals surface area contributed by atoms with Crippen LogP contribution in [0.2, 0.25) is 0 Å². The molecule has 20 heavy (non-hydrogen) atoms. The predicted molar refractivity (Wildman–Crippen MR) is 84.9 cm³/mol. The molecule has 0 bridgehead atoms. The molecule has 4 heteroatoms. The number of imidazole rings is 1. The van der Waals surface area contributed by atoms with E-state index in [0.717, 1.165) is 22.7 Å². The highest BCUT2D eigenvalue weighted by atomic mass is 15.3. The number of nitrogens with two attached hydrogens (primary N) is 1. The third-order valence-corrected chi connectivity index (χ3v) is 4.68. The number of fused-ring (bicyclic) bond motifs is 1. The van der Waals surface area contributed by atoms with Crippen molar-refractivity contribution in [3.05, 3.63) is 18.2 Å². The fraction of sp³-hybridized carbons (Fsp3) is 0.562. The number of nitrogens with one attached hydrogen (secondary N) is 1. The molecule has 1 fully saturated rings. The van der Waals surface area contributed by atoms with E-state index < -0.39 is 0 Å².